The third kappa shape index (κ3) is 11.4. The average Bonchev–Trinajstić information content (AvgIpc) is 3.04. The molecule has 0 unspecified atom stereocenters. The fourth-order valence-corrected chi connectivity index (χ4v) is 8.97. The summed E-state index contributed by atoms with van der Waals surface area (Å²) in [5.41, 5.74) is 0. The van der Waals surface area contributed by atoms with E-state index in [4.69, 9.17) is 0 Å². The second-order valence-electron chi connectivity index (χ2n) is 9.06. The number of hydrogen-bond acceptors (Lipinski definition) is 1. The molecule has 6 aromatic rings. The molecule has 0 bridgehead atoms. The van der Waals surface area contributed by atoms with Crippen LogP contribution in [0.2, 0.25) is 0 Å². The maximum atomic E-state index is 9.57. The Labute approximate surface area is 278 Å². The van der Waals surface area contributed by atoms with E-state index < -0.39 is 18.2 Å². The minimum absolute atomic E-state index is 0.446. The van der Waals surface area contributed by atoms with Crippen LogP contribution in [0.25, 0.3) is 0 Å². The van der Waals surface area contributed by atoms with E-state index in [1.807, 2.05) is 0 Å². The maximum absolute atomic E-state index is 9.57. The van der Waals surface area contributed by atoms with Gasteiger partial charge in [-0.25, -0.2) is 0 Å². The molecule has 218 valence electrons. The molecule has 43 heavy (non-hydrogen) atoms. The molecule has 0 heterocycles. The fourth-order valence-electron chi connectivity index (χ4n) is 4.36. The third-order valence-electron chi connectivity index (χ3n) is 6.09. The van der Waals surface area contributed by atoms with Crippen molar-refractivity contribution in [3.05, 3.63) is 187 Å². The third-order valence-corrected chi connectivity index (χ3v) is 11.0. The van der Waals surface area contributed by atoms with Crippen molar-refractivity contribution in [1.82, 2.24) is 0 Å². The van der Waals surface area contributed by atoms with Gasteiger partial charge in [0.1, 0.15) is 0 Å². The van der Waals surface area contributed by atoms with Gasteiger partial charge in [0.15, 0.2) is 0 Å². The molecule has 0 saturated carbocycles. The van der Waals surface area contributed by atoms with Gasteiger partial charge in [-0.05, 0) is 47.7 Å². The number of hydrogen-bond donors (Lipinski definition) is 0. The van der Waals surface area contributed by atoms with Gasteiger partial charge in [-0.15, -0.1) is 0 Å². The quantitative estimate of drug-likeness (QED) is 0.0952. The Morgan fingerprint density at radius 1 is 0.349 bits per heavy atom. The van der Waals surface area contributed by atoms with E-state index in [2.05, 4.69) is 206 Å². The normalized spacial score (nSPS) is 10.8. The second kappa shape index (κ2) is 17.6. The fraction of sp³-hybridized carbons (Fsp3) is 0. The monoisotopic (exact) mass is 817 g/mol. The largest absolute Gasteiger partial charge is 0.0622 e. The average molecular weight is 818 g/mol. The van der Waals surface area contributed by atoms with E-state index in [1.54, 1.807) is 0 Å². The van der Waals surface area contributed by atoms with Crippen molar-refractivity contribution in [3.8, 4) is 0 Å². The number of rotatable bonds is 6. The van der Waals surface area contributed by atoms with Gasteiger partial charge in [-0.3, -0.25) is 0 Å². The van der Waals surface area contributed by atoms with Gasteiger partial charge in [0.25, 0.3) is 0 Å². The number of benzene rings is 6. The van der Waals surface area contributed by atoms with E-state index in [0.29, 0.717) is 0 Å². The van der Waals surface area contributed by atoms with Crippen molar-refractivity contribution in [2.75, 3.05) is 0 Å². The van der Waals surface area contributed by atoms with Gasteiger partial charge in [-0.2, -0.15) is 0 Å². The van der Waals surface area contributed by atoms with Gasteiger partial charge in [0.2, 0.25) is 0 Å². The second-order valence-corrected chi connectivity index (χ2v) is 17.4. The van der Waals surface area contributed by atoms with Crippen LogP contribution in [0.1, 0.15) is 0 Å². The first-order chi connectivity index (χ1) is 20.9. The van der Waals surface area contributed by atoms with Crippen LogP contribution in [0.4, 0.5) is 0 Å². The van der Waals surface area contributed by atoms with E-state index in [0.717, 1.165) is 19.1 Å². The first kappa shape index (κ1) is 33.2. The molecule has 0 N–H and O–H groups in total. The summed E-state index contributed by atoms with van der Waals surface area (Å²) in [6.07, 6.45) is 0. The van der Waals surface area contributed by atoms with E-state index in [-0.39, 0.29) is 0 Å². The van der Waals surface area contributed by atoms with Crippen molar-refractivity contribution in [3.63, 3.8) is 0 Å². The van der Waals surface area contributed by atoms with Gasteiger partial charge < -0.3 is 0 Å². The molecule has 0 saturated heterocycles. The maximum Gasteiger partial charge on any atom is -0.0134 e. The van der Waals surface area contributed by atoms with E-state index in [1.165, 1.54) is 31.8 Å². The summed E-state index contributed by atoms with van der Waals surface area (Å²) in [7, 11) is -0.892. The molecular weight excluding hydrogens is 787 g/mol. The van der Waals surface area contributed by atoms with Crippen molar-refractivity contribution >= 4 is 71.2 Å². The molecule has 7 heteroatoms. The molecule has 2 nitrogen and oxygen atoms in total. The van der Waals surface area contributed by atoms with Crippen LogP contribution in [-0.4, -0.2) is 2.35 Å². The van der Waals surface area contributed by atoms with Crippen LogP contribution in [0.15, 0.2) is 182 Å². The molecule has 0 amide bonds. The van der Waals surface area contributed by atoms with Crippen molar-refractivity contribution < 1.29 is 21.5 Å². The zero-order valence-corrected chi connectivity index (χ0v) is 28.9. The standard InChI is InChI=1S/2C18H15P.Cl2NO.Ir/c2*1-4-10-16(11-5-1)19(17-12-6-2-7-13-17)18-14-8-3-9-15-18;1-3(2)4;/h2*1-15H;;/q;;-1;+1. The predicted molar refractivity (Wildman–Crippen MR) is 186 cm³/mol. The summed E-state index contributed by atoms with van der Waals surface area (Å²) in [6.45, 7) is 0. The van der Waals surface area contributed by atoms with Crippen LogP contribution in [-0.2, 0) is 19.1 Å². The van der Waals surface area contributed by atoms with Gasteiger partial charge in [0.05, 0.1) is 0 Å². The van der Waals surface area contributed by atoms with Crippen LogP contribution >= 0.6 is 39.4 Å². The van der Waals surface area contributed by atoms with Crippen LogP contribution in [0.3, 0.4) is 0 Å². The van der Waals surface area contributed by atoms with Gasteiger partial charge in [-0.1, -0.05) is 182 Å². The Morgan fingerprint density at radius 2 is 0.465 bits per heavy atom. The van der Waals surface area contributed by atoms with Crippen molar-refractivity contribution in [2.45, 2.75) is 0 Å². The summed E-state index contributed by atoms with van der Waals surface area (Å²) in [5.74, 6) is 0. The molecule has 0 spiro atoms. The minimum Gasteiger partial charge on any atom is -0.0622 e. The molecule has 0 fully saturated rings. The Morgan fingerprint density at radius 3 is 0.581 bits per heavy atom. The predicted octanol–water partition coefficient (Wildman–Crippen LogP) is 7.96. The van der Waals surface area contributed by atoms with Crippen molar-refractivity contribution in [1.29, 1.82) is 0 Å². The van der Waals surface area contributed by atoms with Crippen LogP contribution in [0, 0.1) is 5.21 Å². The van der Waals surface area contributed by atoms with Crippen LogP contribution in [0.5, 0.6) is 0 Å². The molecular formula is C36H30Cl2IrNOP2. The summed E-state index contributed by atoms with van der Waals surface area (Å²) >= 11 is 10.5. The Balaban J connectivity index is 0.000000171. The molecule has 0 aliphatic heterocycles. The molecule has 0 radical (unpaired) electrons. The van der Waals surface area contributed by atoms with Crippen molar-refractivity contribution in [2.24, 2.45) is 0 Å². The molecule has 0 atom stereocenters. The molecule has 0 aromatic heterocycles. The number of nitrogens with zero attached hydrogens (tertiary/aromatic N) is 1. The SMILES string of the molecule is [O-][N+](Cl)(Cl)[Ir].c1ccc(P(c2ccccc2)c2ccccc2)cc1.c1ccc(P(c2ccccc2)c2ccccc2)cc1. The summed E-state index contributed by atoms with van der Waals surface area (Å²) in [4.78, 5) is 0. The first-order valence-corrected chi connectivity index (χ1v) is 17.9. The molecule has 0 aliphatic rings. The number of halogens is 2. The minimum atomic E-state index is -1.31. The molecule has 6 rings (SSSR count). The number of quaternary nitrogens is 1. The zero-order chi connectivity index (χ0) is 30.3. The molecule has 0 aliphatic carbocycles. The Bertz CT molecular complexity index is 1280. The van der Waals surface area contributed by atoms with Crippen LogP contribution < -0.4 is 31.8 Å². The van der Waals surface area contributed by atoms with E-state index in [9.17, 15) is 5.21 Å². The van der Waals surface area contributed by atoms with E-state index >= 15 is 0 Å². The van der Waals surface area contributed by atoms with Gasteiger partial charge >= 0.3 is 50.3 Å². The Kier molecular flexibility index (Phi) is 13.6. The summed E-state index contributed by atoms with van der Waals surface area (Å²) in [6, 6.07) is 64.7. The Hall–Kier alpha value is -2.67. The summed E-state index contributed by atoms with van der Waals surface area (Å²) in [5, 5.41) is 18.0. The summed E-state index contributed by atoms with van der Waals surface area (Å²) < 4.78 is -1.31. The first-order valence-electron chi connectivity index (χ1n) is 13.5. The molecule has 6 aromatic carbocycles. The smallest absolute Gasteiger partial charge is 0.0134 e. The topological polar surface area (TPSA) is 23.1 Å². The zero-order valence-electron chi connectivity index (χ0n) is 23.2. The van der Waals surface area contributed by atoms with Gasteiger partial charge in [0, 0.05) is 0 Å².